The first kappa shape index (κ1) is 20.7. The molecule has 0 aromatic heterocycles. The van der Waals surface area contributed by atoms with Crippen LogP contribution < -0.4 is 0 Å². The van der Waals surface area contributed by atoms with Gasteiger partial charge in [0, 0.05) is 24.2 Å². The van der Waals surface area contributed by atoms with Gasteiger partial charge in [0.25, 0.3) is 5.91 Å². The Morgan fingerprint density at radius 3 is 2.17 bits per heavy atom. The molecular formula is C23H25NO5. The number of aryl methyl sites for hydroxylation is 1. The molecule has 6 heteroatoms. The highest BCUT2D eigenvalue weighted by molar-refractivity contribution is 6.14. The van der Waals surface area contributed by atoms with Gasteiger partial charge in [-0.2, -0.15) is 0 Å². The average molecular weight is 395 g/mol. The second-order valence-electron chi connectivity index (χ2n) is 7.37. The van der Waals surface area contributed by atoms with Crippen LogP contribution in [0.25, 0.3) is 0 Å². The third-order valence-corrected chi connectivity index (χ3v) is 4.80. The normalized spacial score (nSPS) is 18.9. The standard InChI is InChI=1S/C23H25NO5/c1-15-8-10-18(11-9-15)22(26)19-6-4-5-7-20(19)23(27)28-14-21(25)24-12-16(2)29-17(3)13-24/h4-11,16-17H,12-14H2,1-3H3. The highest BCUT2D eigenvalue weighted by Gasteiger charge is 2.27. The molecule has 0 aliphatic carbocycles. The van der Waals surface area contributed by atoms with E-state index in [9.17, 15) is 14.4 Å². The number of amides is 1. The van der Waals surface area contributed by atoms with Crippen molar-refractivity contribution in [1.29, 1.82) is 0 Å². The van der Waals surface area contributed by atoms with E-state index in [0.717, 1.165) is 5.56 Å². The van der Waals surface area contributed by atoms with Crippen molar-refractivity contribution in [3.8, 4) is 0 Å². The van der Waals surface area contributed by atoms with Gasteiger partial charge in [-0.15, -0.1) is 0 Å². The van der Waals surface area contributed by atoms with E-state index in [-0.39, 0.29) is 41.6 Å². The van der Waals surface area contributed by atoms with Crippen LogP contribution in [0.1, 0.15) is 45.7 Å². The van der Waals surface area contributed by atoms with Gasteiger partial charge >= 0.3 is 5.97 Å². The molecule has 0 N–H and O–H groups in total. The Morgan fingerprint density at radius 2 is 1.55 bits per heavy atom. The quantitative estimate of drug-likeness (QED) is 0.575. The highest BCUT2D eigenvalue weighted by Crippen LogP contribution is 2.17. The van der Waals surface area contributed by atoms with Crippen LogP contribution in [0.5, 0.6) is 0 Å². The van der Waals surface area contributed by atoms with Gasteiger partial charge in [0.15, 0.2) is 12.4 Å². The zero-order chi connectivity index (χ0) is 21.0. The zero-order valence-corrected chi connectivity index (χ0v) is 16.9. The smallest absolute Gasteiger partial charge is 0.339 e. The second-order valence-corrected chi connectivity index (χ2v) is 7.37. The fourth-order valence-corrected chi connectivity index (χ4v) is 3.40. The van der Waals surface area contributed by atoms with E-state index >= 15 is 0 Å². The van der Waals surface area contributed by atoms with E-state index < -0.39 is 5.97 Å². The molecule has 2 unspecified atom stereocenters. The predicted octanol–water partition coefficient (Wildman–Crippen LogP) is 3.02. The first-order valence-electron chi connectivity index (χ1n) is 9.66. The number of hydrogen-bond acceptors (Lipinski definition) is 5. The predicted molar refractivity (Wildman–Crippen MR) is 108 cm³/mol. The van der Waals surface area contributed by atoms with E-state index in [1.165, 1.54) is 6.07 Å². The van der Waals surface area contributed by atoms with Gasteiger partial charge in [0.1, 0.15) is 0 Å². The summed E-state index contributed by atoms with van der Waals surface area (Å²) in [6.07, 6.45) is -0.127. The molecule has 1 saturated heterocycles. The summed E-state index contributed by atoms with van der Waals surface area (Å²) in [6.45, 7) is 6.29. The van der Waals surface area contributed by atoms with Crippen LogP contribution in [0.4, 0.5) is 0 Å². The maximum Gasteiger partial charge on any atom is 0.339 e. The maximum absolute atomic E-state index is 12.8. The summed E-state index contributed by atoms with van der Waals surface area (Å²) in [5.41, 5.74) is 1.93. The van der Waals surface area contributed by atoms with Gasteiger partial charge in [-0.25, -0.2) is 4.79 Å². The van der Waals surface area contributed by atoms with Crippen LogP contribution >= 0.6 is 0 Å². The molecule has 2 aromatic rings. The topological polar surface area (TPSA) is 72.9 Å². The highest BCUT2D eigenvalue weighted by atomic mass is 16.5. The molecule has 0 bridgehead atoms. The lowest BCUT2D eigenvalue weighted by Crippen LogP contribution is -2.49. The van der Waals surface area contributed by atoms with Crippen LogP contribution in [0, 0.1) is 6.92 Å². The average Bonchev–Trinajstić information content (AvgIpc) is 2.71. The van der Waals surface area contributed by atoms with Gasteiger partial charge in [0.05, 0.1) is 17.8 Å². The van der Waals surface area contributed by atoms with Crippen LogP contribution in [0.15, 0.2) is 48.5 Å². The largest absolute Gasteiger partial charge is 0.452 e. The number of morpholine rings is 1. The SMILES string of the molecule is Cc1ccc(C(=O)c2ccccc2C(=O)OCC(=O)N2CC(C)OC(C)C2)cc1. The summed E-state index contributed by atoms with van der Waals surface area (Å²) in [6, 6.07) is 13.6. The second kappa shape index (κ2) is 9.01. The van der Waals surface area contributed by atoms with Crippen molar-refractivity contribution in [2.75, 3.05) is 19.7 Å². The Labute approximate surface area is 170 Å². The zero-order valence-electron chi connectivity index (χ0n) is 16.9. The summed E-state index contributed by atoms with van der Waals surface area (Å²) in [5.74, 6) is -1.23. The van der Waals surface area contributed by atoms with Crippen molar-refractivity contribution in [2.45, 2.75) is 33.0 Å². The summed E-state index contributed by atoms with van der Waals surface area (Å²) >= 11 is 0. The van der Waals surface area contributed by atoms with Gasteiger partial charge in [-0.1, -0.05) is 48.0 Å². The molecular weight excluding hydrogens is 370 g/mol. The van der Waals surface area contributed by atoms with Crippen molar-refractivity contribution in [3.63, 3.8) is 0 Å². The molecule has 3 rings (SSSR count). The lowest BCUT2D eigenvalue weighted by molar-refractivity contribution is -0.146. The molecule has 1 heterocycles. The number of ketones is 1. The molecule has 2 aromatic carbocycles. The Kier molecular flexibility index (Phi) is 6.44. The van der Waals surface area contributed by atoms with Gasteiger partial charge in [0.2, 0.25) is 0 Å². The third kappa shape index (κ3) is 5.09. The molecule has 29 heavy (non-hydrogen) atoms. The van der Waals surface area contributed by atoms with Crippen LogP contribution in [-0.4, -0.2) is 54.5 Å². The summed E-state index contributed by atoms with van der Waals surface area (Å²) in [4.78, 5) is 39.5. The van der Waals surface area contributed by atoms with E-state index in [4.69, 9.17) is 9.47 Å². The van der Waals surface area contributed by atoms with E-state index in [2.05, 4.69) is 0 Å². The van der Waals surface area contributed by atoms with E-state index in [1.807, 2.05) is 32.9 Å². The lowest BCUT2D eigenvalue weighted by Gasteiger charge is -2.35. The van der Waals surface area contributed by atoms with Crippen molar-refractivity contribution in [1.82, 2.24) is 4.90 Å². The fraction of sp³-hybridized carbons (Fsp3) is 0.348. The summed E-state index contributed by atoms with van der Waals surface area (Å²) in [7, 11) is 0. The van der Waals surface area contributed by atoms with E-state index in [0.29, 0.717) is 18.7 Å². The molecule has 1 fully saturated rings. The number of benzene rings is 2. The molecule has 1 amide bonds. The third-order valence-electron chi connectivity index (χ3n) is 4.80. The number of hydrogen-bond donors (Lipinski definition) is 0. The molecule has 0 radical (unpaired) electrons. The Balaban J connectivity index is 1.69. The van der Waals surface area contributed by atoms with Gasteiger partial charge < -0.3 is 14.4 Å². The minimum absolute atomic E-state index is 0.0636. The maximum atomic E-state index is 12.8. The van der Waals surface area contributed by atoms with Gasteiger partial charge in [-0.05, 0) is 26.8 Å². The molecule has 1 aliphatic rings. The number of rotatable bonds is 5. The molecule has 2 atom stereocenters. The van der Waals surface area contributed by atoms with Crippen LogP contribution in [-0.2, 0) is 14.3 Å². The molecule has 6 nitrogen and oxygen atoms in total. The Bertz CT molecular complexity index is 896. The van der Waals surface area contributed by atoms with Gasteiger partial charge in [-0.3, -0.25) is 9.59 Å². The van der Waals surface area contributed by atoms with Crippen LogP contribution in [0.3, 0.4) is 0 Å². The first-order chi connectivity index (χ1) is 13.8. The molecule has 152 valence electrons. The monoisotopic (exact) mass is 395 g/mol. The summed E-state index contributed by atoms with van der Waals surface area (Å²) in [5, 5.41) is 0. The number of esters is 1. The van der Waals surface area contributed by atoms with Crippen LogP contribution in [0.2, 0.25) is 0 Å². The summed E-state index contributed by atoms with van der Waals surface area (Å²) < 4.78 is 10.9. The lowest BCUT2D eigenvalue weighted by atomic mass is 9.98. The molecule has 0 saturated carbocycles. The minimum atomic E-state index is -0.691. The van der Waals surface area contributed by atoms with E-state index in [1.54, 1.807) is 35.2 Å². The number of carbonyl (C=O) groups is 3. The molecule has 1 aliphatic heterocycles. The minimum Gasteiger partial charge on any atom is -0.452 e. The number of ether oxygens (including phenoxy) is 2. The van der Waals surface area contributed by atoms with Crippen molar-refractivity contribution in [3.05, 3.63) is 70.8 Å². The van der Waals surface area contributed by atoms with Crippen molar-refractivity contribution >= 4 is 17.7 Å². The Hall–Kier alpha value is -2.99. The van der Waals surface area contributed by atoms with Crippen molar-refractivity contribution < 1.29 is 23.9 Å². The fourth-order valence-electron chi connectivity index (χ4n) is 3.40. The first-order valence-corrected chi connectivity index (χ1v) is 9.66. The Morgan fingerprint density at radius 1 is 0.966 bits per heavy atom. The van der Waals surface area contributed by atoms with Crippen molar-refractivity contribution in [2.24, 2.45) is 0 Å². The number of nitrogens with zero attached hydrogens (tertiary/aromatic N) is 1. The molecule has 0 spiro atoms. The number of carbonyl (C=O) groups excluding carboxylic acids is 3.